The van der Waals surface area contributed by atoms with Crippen LogP contribution in [0.3, 0.4) is 0 Å². The summed E-state index contributed by atoms with van der Waals surface area (Å²) in [6.45, 7) is 1.51. The minimum absolute atomic E-state index is 0.100. The number of rotatable bonds is 4. The van der Waals surface area contributed by atoms with Crippen LogP contribution in [0.15, 0.2) is 17.1 Å². The smallest absolute Gasteiger partial charge is 0.340 e. The number of hydrogen-bond acceptors (Lipinski definition) is 4. The largest absolute Gasteiger partial charge is 0.342 e. The lowest BCUT2D eigenvalue weighted by atomic mass is 9.94. The van der Waals surface area contributed by atoms with Gasteiger partial charge in [-0.15, -0.1) is 0 Å². The standard InChI is InChI=1S/C13H18N6O2/c20-12(4-3-11-15-13(21)18-17-11)19-7-1-2-9(8-19)10-5-6-14-16-10/h5-6,9H,1-4,7-8H2,(H,14,16)(H2,15,17,18,21). The van der Waals surface area contributed by atoms with Crippen molar-refractivity contribution < 1.29 is 4.79 Å². The zero-order valence-electron chi connectivity index (χ0n) is 11.6. The van der Waals surface area contributed by atoms with Gasteiger partial charge in [-0.2, -0.15) is 10.2 Å². The van der Waals surface area contributed by atoms with Gasteiger partial charge in [0.05, 0.1) is 0 Å². The third-order valence-corrected chi connectivity index (χ3v) is 3.86. The van der Waals surface area contributed by atoms with Crippen molar-refractivity contribution in [2.75, 3.05) is 13.1 Å². The van der Waals surface area contributed by atoms with Crippen molar-refractivity contribution in [3.63, 3.8) is 0 Å². The molecule has 3 N–H and O–H groups in total. The van der Waals surface area contributed by atoms with Gasteiger partial charge in [0, 0.05) is 43.7 Å². The van der Waals surface area contributed by atoms with Crippen LogP contribution >= 0.6 is 0 Å². The summed E-state index contributed by atoms with van der Waals surface area (Å²) in [4.78, 5) is 27.6. The first kappa shape index (κ1) is 13.6. The van der Waals surface area contributed by atoms with Crippen LogP contribution in [0.2, 0.25) is 0 Å². The predicted molar refractivity (Wildman–Crippen MR) is 74.7 cm³/mol. The molecule has 0 aromatic carbocycles. The van der Waals surface area contributed by atoms with E-state index in [0.29, 0.717) is 24.6 Å². The number of aromatic nitrogens is 5. The molecule has 0 saturated carbocycles. The third-order valence-electron chi connectivity index (χ3n) is 3.86. The second-order valence-electron chi connectivity index (χ2n) is 5.32. The van der Waals surface area contributed by atoms with Gasteiger partial charge in [0.25, 0.3) is 0 Å². The number of hydrogen-bond donors (Lipinski definition) is 3. The Balaban J connectivity index is 1.55. The summed E-state index contributed by atoms with van der Waals surface area (Å²) >= 11 is 0. The van der Waals surface area contributed by atoms with Crippen molar-refractivity contribution in [3.8, 4) is 0 Å². The molecule has 8 heteroatoms. The fourth-order valence-corrected chi connectivity index (χ4v) is 2.76. The zero-order chi connectivity index (χ0) is 14.7. The normalized spacial score (nSPS) is 18.9. The summed E-state index contributed by atoms with van der Waals surface area (Å²) in [6, 6.07) is 1.97. The molecule has 1 saturated heterocycles. The van der Waals surface area contributed by atoms with Crippen LogP contribution in [-0.4, -0.2) is 49.3 Å². The highest BCUT2D eigenvalue weighted by molar-refractivity contribution is 5.76. The average molecular weight is 290 g/mol. The number of nitrogens with zero attached hydrogens (tertiary/aromatic N) is 3. The second kappa shape index (κ2) is 5.94. The maximum absolute atomic E-state index is 12.3. The lowest BCUT2D eigenvalue weighted by molar-refractivity contribution is -0.132. The number of nitrogens with one attached hydrogen (secondary N) is 3. The molecule has 1 atom stereocenters. The van der Waals surface area contributed by atoms with Crippen molar-refractivity contribution in [1.29, 1.82) is 0 Å². The average Bonchev–Trinajstić information content (AvgIpc) is 3.16. The Bertz CT molecular complexity index is 644. The molecule has 3 rings (SSSR count). The lowest BCUT2D eigenvalue weighted by Crippen LogP contribution is -2.39. The number of carbonyl (C=O) groups is 1. The van der Waals surface area contributed by atoms with Gasteiger partial charge in [-0.1, -0.05) is 0 Å². The molecule has 112 valence electrons. The molecule has 1 amide bonds. The molecule has 1 aliphatic heterocycles. The molecular formula is C13H18N6O2. The monoisotopic (exact) mass is 290 g/mol. The van der Waals surface area contributed by atoms with Crippen LogP contribution in [0, 0.1) is 0 Å². The second-order valence-corrected chi connectivity index (χ2v) is 5.32. The van der Waals surface area contributed by atoms with E-state index in [1.54, 1.807) is 6.20 Å². The Kier molecular flexibility index (Phi) is 3.85. The number of amides is 1. The van der Waals surface area contributed by atoms with E-state index in [-0.39, 0.29) is 11.6 Å². The molecule has 1 fully saturated rings. The number of aryl methyl sites for hydroxylation is 1. The van der Waals surface area contributed by atoms with E-state index in [1.165, 1.54) is 0 Å². The molecule has 1 unspecified atom stereocenters. The van der Waals surface area contributed by atoms with E-state index >= 15 is 0 Å². The first-order chi connectivity index (χ1) is 10.2. The minimum Gasteiger partial charge on any atom is -0.342 e. The predicted octanol–water partition coefficient (Wildman–Crippen LogP) is 0.160. The molecule has 8 nitrogen and oxygen atoms in total. The summed E-state index contributed by atoms with van der Waals surface area (Å²) in [5, 5.41) is 13.1. The lowest BCUT2D eigenvalue weighted by Gasteiger charge is -2.32. The summed E-state index contributed by atoms with van der Waals surface area (Å²) < 4.78 is 0. The molecule has 0 bridgehead atoms. The maximum atomic E-state index is 12.3. The summed E-state index contributed by atoms with van der Waals surface area (Å²) in [7, 11) is 0. The van der Waals surface area contributed by atoms with Gasteiger partial charge >= 0.3 is 5.69 Å². The molecule has 0 radical (unpaired) electrons. The van der Waals surface area contributed by atoms with Gasteiger partial charge < -0.3 is 4.90 Å². The van der Waals surface area contributed by atoms with Crippen molar-refractivity contribution in [2.45, 2.75) is 31.6 Å². The van der Waals surface area contributed by atoms with E-state index in [1.807, 2.05) is 11.0 Å². The highest BCUT2D eigenvalue weighted by Gasteiger charge is 2.25. The van der Waals surface area contributed by atoms with Gasteiger partial charge in [-0.3, -0.25) is 14.9 Å². The molecule has 2 aromatic rings. The van der Waals surface area contributed by atoms with Crippen LogP contribution in [0.25, 0.3) is 0 Å². The highest BCUT2D eigenvalue weighted by Crippen LogP contribution is 2.25. The van der Waals surface area contributed by atoms with E-state index in [9.17, 15) is 9.59 Å². The molecule has 21 heavy (non-hydrogen) atoms. The van der Waals surface area contributed by atoms with Crippen molar-refractivity contribution in [1.82, 2.24) is 30.3 Å². The molecule has 0 aliphatic carbocycles. The number of likely N-dealkylation sites (tertiary alicyclic amines) is 1. The minimum atomic E-state index is -0.338. The molecule has 2 aromatic heterocycles. The summed E-state index contributed by atoms with van der Waals surface area (Å²) in [5.74, 6) is 0.953. The topological polar surface area (TPSA) is 111 Å². The van der Waals surface area contributed by atoms with Gasteiger partial charge in [-0.05, 0) is 18.9 Å². The highest BCUT2D eigenvalue weighted by atomic mass is 16.2. The SMILES string of the molecule is O=C(CCc1n[nH]c(=O)[nH]1)N1CCCC(c2ccn[nH]2)C1. The number of piperidine rings is 1. The first-order valence-electron chi connectivity index (χ1n) is 7.13. The Hall–Kier alpha value is -2.38. The molecule has 3 heterocycles. The Morgan fingerprint density at radius 1 is 1.43 bits per heavy atom. The van der Waals surface area contributed by atoms with Crippen LogP contribution in [0.4, 0.5) is 0 Å². The van der Waals surface area contributed by atoms with Gasteiger partial charge in [-0.25, -0.2) is 9.89 Å². The van der Waals surface area contributed by atoms with Gasteiger partial charge in [0.2, 0.25) is 5.91 Å². The van der Waals surface area contributed by atoms with Crippen LogP contribution in [0.1, 0.15) is 36.7 Å². The van der Waals surface area contributed by atoms with E-state index < -0.39 is 0 Å². The maximum Gasteiger partial charge on any atom is 0.340 e. The number of H-pyrrole nitrogens is 3. The van der Waals surface area contributed by atoms with Crippen molar-refractivity contribution >= 4 is 5.91 Å². The fourth-order valence-electron chi connectivity index (χ4n) is 2.76. The molecule has 1 aliphatic rings. The van der Waals surface area contributed by atoms with Crippen molar-refractivity contribution in [2.24, 2.45) is 0 Å². The zero-order valence-corrected chi connectivity index (χ0v) is 11.6. The van der Waals surface area contributed by atoms with Gasteiger partial charge in [0.1, 0.15) is 5.82 Å². The van der Waals surface area contributed by atoms with Crippen LogP contribution in [0.5, 0.6) is 0 Å². The third kappa shape index (κ3) is 3.21. The van der Waals surface area contributed by atoms with Crippen LogP contribution < -0.4 is 5.69 Å². The molecular weight excluding hydrogens is 272 g/mol. The van der Waals surface area contributed by atoms with Gasteiger partial charge in [0.15, 0.2) is 0 Å². The summed E-state index contributed by atoms with van der Waals surface area (Å²) in [5.41, 5.74) is 0.749. The molecule has 0 spiro atoms. The van der Waals surface area contributed by atoms with Crippen molar-refractivity contribution in [3.05, 3.63) is 34.3 Å². The summed E-state index contributed by atoms with van der Waals surface area (Å²) in [6.07, 6.45) is 4.61. The van der Waals surface area contributed by atoms with Crippen LogP contribution in [-0.2, 0) is 11.2 Å². The van der Waals surface area contributed by atoms with E-state index in [2.05, 4.69) is 25.4 Å². The Morgan fingerprint density at radius 2 is 2.33 bits per heavy atom. The number of aromatic amines is 3. The Morgan fingerprint density at radius 3 is 3.05 bits per heavy atom. The fraction of sp³-hybridized carbons (Fsp3) is 0.538. The van der Waals surface area contributed by atoms with E-state index in [0.717, 1.165) is 31.6 Å². The first-order valence-corrected chi connectivity index (χ1v) is 7.13. The van der Waals surface area contributed by atoms with E-state index in [4.69, 9.17) is 0 Å². The quantitative estimate of drug-likeness (QED) is 0.744. The Labute approximate surface area is 120 Å². The number of carbonyl (C=O) groups excluding carboxylic acids is 1.